The fraction of sp³-hybridized carbons (Fsp3) is 0.500. The Morgan fingerprint density at radius 1 is 0.663 bits per heavy atom. The first-order valence-corrected chi connectivity index (χ1v) is 35.5. The third-order valence-electron chi connectivity index (χ3n) is 19.9. The van der Waals surface area contributed by atoms with E-state index in [1.165, 1.54) is 66.0 Å². The number of aromatic amines is 3. The molecule has 0 radical (unpaired) electrons. The van der Waals surface area contributed by atoms with Gasteiger partial charge < -0.3 is 75.7 Å². The molecule has 558 valence electrons. The number of carboxylic acid groups (broad SMARTS) is 2. The molecule has 3 aromatic carbocycles. The van der Waals surface area contributed by atoms with E-state index in [2.05, 4.69) is 46.2 Å². The van der Waals surface area contributed by atoms with Gasteiger partial charge in [0.2, 0.25) is 47.3 Å². The van der Waals surface area contributed by atoms with Crippen LogP contribution in [-0.2, 0) is 84.8 Å². The van der Waals surface area contributed by atoms with Crippen molar-refractivity contribution >= 4 is 87.5 Å². The average Bonchev–Trinajstić information content (AvgIpc) is 1.55. The average molecular weight is 1460 g/mol. The largest absolute Gasteiger partial charge is 0.485 e. The molecule has 104 heavy (non-hydrogen) atoms. The first-order valence-electron chi connectivity index (χ1n) is 35.2. The van der Waals surface area contributed by atoms with Crippen molar-refractivity contribution in [2.24, 2.45) is 17.8 Å². The molecule has 8 amide bonds. The molecule has 30 heteroatoms. The highest BCUT2D eigenvalue weighted by molar-refractivity contribution is 6.30. The third kappa shape index (κ3) is 19.0. The van der Waals surface area contributed by atoms with Crippen LogP contribution in [0.25, 0.3) is 10.9 Å². The molecular weight excluding hydrogens is 1360 g/mol. The fourth-order valence-electron chi connectivity index (χ4n) is 14.3. The van der Waals surface area contributed by atoms with Crippen LogP contribution in [-0.4, -0.2) is 225 Å². The predicted molar refractivity (Wildman–Crippen MR) is 381 cm³/mol. The smallest absolute Gasteiger partial charge is 0.326 e. The molecule has 11 atom stereocenters. The highest BCUT2D eigenvalue weighted by atomic mass is 35.5. The molecule has 9 rings (SSSR count). The van der Waals surface area contributed by atoms with Gasteiger partial charge in [-0.15, -0.1) is 0 Å². The number of nitrogens with one attached hydrogen (secondary N) is 7. The van der Waals surface area contributed by atoms with E-state index in [1.807, 2.05) is 32.0 Å². The zero-order chi connectivity index (χ0) is 75.4. The van der Waals surface area contributed by atoms with Gasteiger partial charge in [0.25, 0.3) is 0 Å². The van der Waals surface area contributed by atoms with Crippen LogP contribution in [0.5, 0.6) is 5.75 Å². The summed E-state index contributed by atoms with van der Waals surface area (Å²) < 4.78 is 21.8. The summed E-state index contributed by atoms with van der Waals surface area (Å²) in [5.74, 6) is -12.0. The summed E-state index contributed by atoms with van der Waals surface area (Å²) in [6.07, 6.45) is 7.15. The molecular formula is C74H94ClFN14O14. The van der Waals surface area contributed by atoms with Gasteiger partial charge in [0.1, 0.15) is 53.9 Å². The molecule has 0 bridgehead atoms. The van der Waals surface area contributed by atoms with Crippen molar-refractivity contribution in [2.75, 3.05) is 40.8 Å². The fourth-order valence-corrected chi connectivity index (χ4v) is 14.5. The Morgan fingerprint density at radius 3 is 1.85 bits per heavy atom. The van der Waals surface area contributed by atoms with Crippen molar-refractivity contribution in [3.63, 3.8) is 0 Å². The lowest BCUT2D eigenvalue weighted by Crippen LogP contribution is -2.61. The molecule has 6 aromatic rings. The number of rotatable bonds is 32. The number of benzene rings is 3. The Labute approximate surface area is 607 Å². The van der Waals surface area contributed by atoms with Crippen LogP contribution in [0.2, 0.25) is 5.02 Å². The lowest BCUT2D eigenvalue weighted by molar-refractivity contribution is -0.152. The molecule has 0 saturated carbocycles. The second-order valence-corrected chi connectivity index (χ2v) is 29.0. The Bertz CT molecular complexity index is 4070. The first kappa shape index (κ1) is 78.1. The Morgan fingerprint density at radius 2 is 1.25 bits per heavy atom. The normalized spacial score (nSPS) is 18.4. The zero-order valence-electron chi connectivity index (χ0n) is 60.0. The predicted octanol–water partition coefficient (Wildman–Crippen LogP) is 4.80. The summed E-state index contributed by atoms with van der Waals surface area (Å²) in [4.78, 5) is 184. The van der Waals surface area contributed by atoms with Crippen LogP contribution in [0, 0.1) is 23.6 Å². The van der Waals surface area contributed by atoms with E-state index < -0.39 is 143 Å². The van der Waals surface area contributed by atoms with Crippen LogP contribution in [0.1, 0.15) is 115 Å². The van der Waals surface area contributed by atoms with Gasteiger partial charge in [-0.3, -0.25) is 47.9 Å². The summed E-state index contributed by atoms with van der Waals surface area (Å²) in [5, 5.41) is 32.5. The van der Waals surface area contributed by atoms with E-state index in [-0.39, 0.29) is 88.5 Å². The second-order valence-electron chi connectivity index (χ2n) is 28.6. The SMILES string of the molecule is CN[C@H](C(=O)C(C)[C@@H](Cc1cnc[nH]1)C(=O)N[C@@H](Cc1ccc(OC(C)(C)C)c(F)c1)C(=O)N1CCC[C@H]1C(=O)N(C)[C@@H](Cc1cnc[nH]1)C(=O)N1CCC[C@H]1C(=O)N[C@@H](Cc1c[nH]c2ccccc12)C(=O)N(C)[C@@H](Cc1ccc(Cl)cc1)C(=O)N[C@@H](CC(=O)O)C(=O)N1CCC[C@H]1C(=O)O)C(C)C. The van der Waals surface area contributed by atoms with Crippen molar-refractivity contribution in [1.29, 1.82) is 0 Å². The lowest BCUT2D eigenvalue weighted by atomic mass is 9.81. The number of para-hydroxylation sites is 1. The maximum Gasteiger partial charge on any atom is 0.326 e. The molecule has 0 aliphatic carbocycles. The Kier molecular flexibility index (Phi) is 25.9. The number of imidazole rings is 2. The monoisotopic (exact) mass is 1460 g/mol. The number of ether oxygens (including phenoxy) is 1. The van der Waals surface area contributed by atoms with Crippen molar-refractivity contribution in [2.45, 2.75) is 179 Å². The van der Waals surface area contributed by atoms with Crippen molar-refractivity contribution in [1.82, 2.24) is 70.7 Å². The first-order chi connectivity index (χ1) is 49.4. The van der Waals surface area contributed by atoms with Crippen LogP contribution in [0.15, 0.2) is 98.0 Å². The number of likely N-dealkylation sites (tertiary alicyclic amines) is 3. The number of carboxylic acids is 2. The number of aromatic nitrogens is 5. The van der Waals surface area contributed by atoms with Crippen LogP contribution in [0.3, 0.4) is 0 Å². The van der Waals surface area contributed by atoms with Gasteiger partial charge in [-0.05, 0) is 119 Å². The number of amides is 8. The number of likely N-dealkylation sites (N-methyl/N-ethyl adjacent to an activating group) is 3. The van der Waals surface area contributed by atoms with Crippen molar-refractivity contribution in [3.05, 3.63) is 137 Å². The summed E-state index contributed by atoms with van der Waals surface area (Å²) >= 11 is 6.27. The van der Waals surface area contributed by atoms with Gasteiger partial charge in [-0.2, -0.15) is 0 Å². The molecule has 3 aliphatic rings. The maximum absolute atomic E-state index is 16.0. The van der Waals surface area contributed by atoms with E-state index in [1.54, 1.807) is 77.3 Å². The number of fused-ring (bicyclic) bond motifs is 1. The van der Waals surface area contributed by atoms with Gasteiger partial charge in [0.15, 0.2) is 17.3 Å². The van der Waals surface area contributed by atoms with Crippen molar-refractivity contribution in [3.8, 4) is 5.75 Å². The minimum atomic E-state index is -1.75. The molecule has 9 N–H and O–H groups in total. The summed E-state index contributed by atoms with van der Waals surface area (Å²) in [5.41, 5.74) is 2.31. The van der Waals surface area contributed by atoms with Crippen LogP contribution >= 0.6 is 11.6 Å². The standard InChI is InChI=1S/C74H94ClFN14O14/c1-41(2)63(77-7)64(93)42(3)50(33-47-37-78-39-81-47)65(94)83-53(30-44-22-25-61(51(76)29-44)104-74(4,5)6)69(98)89-27-13-18-57(89)71(100)87(9)60(34-48-38-79-40-82-48)72(101)88-26-12-17-56(88)66(95)84-54(32-45-36-80-52-16-11-10-15-49(45)52)68(97)86(8)59(31-43-20-23-46(75)24-21-43)67(96)85-55(35-62(91)92)70(99)90-28-14-19-58(90)73(102)103/h10-11,15-16,20-25,29,36-42,50,53-60,63,77,80H,12-14,17-19,26-28,30-35H2,1-9H3,(H,78,81)(H,79,82)(H,83,94)(H,84,95)(H,85,96)(H,91,92)(H,102,103)/t42?,50-,53+,54+,55+,56+,57+,58+,59+,60+,63+/m1/s1. The van der Waals surface area contributed by atoms with Gasteiger partial charge >= 0.3 is 11.9 Å². The van der Waals surface area contributed by atoms with Gasteiger partial charge in [0.05, 0.1) is 31.0 Å². The van der Waals surface area contributed by atoms with E-state index in [4.69, 9.17) is 16.3 Å². The number of aliphatic carboxylic acids is 2. The highest BCUT2D eigenvalue weighted by Crippen LogP contribution is 2.31. The Hall–Kier alpha value is -10.0. The molecule has 28 nitrogen and oxygen atoms in total. The summed E-state index contributed by atoms with van der Waals surface area (Å²) in [6.45, 7) is 10.8. The Balaban J connectivity index is 0.998. The lowest BCUT2D eigenvalue weighted by Gasteiger charge is -2.37. The topological polar surface area (TPSA) is 375 Å². The number of hydrogen-bond acceptors (Lipinski definition) is 15. The van der Waals surface area contributed by atoms with Gasteiger partial charge in [-0.25, -0.2) is 19.2 Å². The minimum absolute atomic E-state index is 0.00453. The van der Waals surface area contributed by atoms with E-state index in [0.717, 1.165) is 9.80 Å². The number of Topliss-reactive ketones (excluding diaryl/α,β-unsaturated/α-hetero) is 1. The number of H-pyrrole nitrogens is 3. The zero-order valence-corrected chi connectivity index (χ0v) is 60.7. The van der Waals surface area contributed by atoms with Crippen LogP contribution < -0.4 is 26.0 Å². The third-order valence-corrected chi connectivity index (χ3v) is 20.1. The number of hydrogen-bond donors (Lipinski definition) is 9. The maximum atomic E-state index is 16.0. The van der Waals surface area contributed by atoms with E-state index in [9.17, 15) is 34.2 Å². The van der Waals surface area contributed by atoms with E-state index >= 15 is 33.2 Å². The van der Waals surface area contributed by atoms with Gasteiger partial charge in [0, 0.05) is 118 Å². The highest BCUT2D eigenvalue weighted by Gasteiger charge is 2.47. The molecule has 3 saturated heterocycles. The van der Waals surface area contributed by atoms with E-state index in [0.29, 0.717) is 63.3 Å². The minimum Gasteiger partial charge on any atom is -0.485 e. The van der Waals surface area contributed by atoms with Crippen LogP contribution in [0.4, 0.5) is 4.39 Å². The molecule has 1 unspecified atom stereocenters. The molecule has 0 spiro atoms. The second kappa shape index (κ2) is 34.5. The number of carbonyl (C=O) groups excluding carboxylic acids is 9. The number of halogens is 2. The molecule has 3 aliphatic heterocycles. The molecule has 3 fully saturated rings. The number of nitrogens with zero attached hydrogens (tertiary/aromatic N) is 7. The van der Waals surface area contributed by atoms with Gasteiger partial charge in [-0.1, -0.05) is 68.8 Å². The quantitative estimate of drug-likeness (QED) is 0.0274. The summed E-state index contributed by atoms with van der Waals surface area (Å²) in [7, 11) is 4.41. The summed E-state index contributed by atoms with van der Waals surface area (Å²) in [6, 6.07) is 5.98. The van der Waals surface area contributed by atoms with Crippen molar-refractivity contribution < 1.29 is 72.1 Å². The number of ketones is 1. The molecule has 6 heterocycles. The number of carbonyl (C=O) groups is 11. The molecule has 3 aromatic heterocycles.